The number of hydrogen-bond donors (Lipinski definition) is 0. The Balaban J connectivity index is 1.46. The smallest absolute Gasteiger partial charge is 0.419 e. The van der Waals surface area contributed by atoms with E-state index < -0.39 is 11.7 Å². The van der Waals surface area contributed by atoms with Gasteiger partial charge in [0.1, 0.15) is 0 Å². The molecule has 3 rings (SSSR count). The Kier molecular flexibility index (Phi) is 5.52. The molecule has 0 aromatic carbocycles. The zero-order valence-electron chi connectivity index (χ0n) is 14.9. The molecule has 2 saturated heterocycles. The zero-order chi connectivity index (χ0) is 19.6. The summed E-state index contributed by atoms with van der Waals surface area (Å²) < 4.78 is 42.3. The second-order valence-electron chi connectivity index (χ2n) is 6.92. The van der Waals surface area contributed by atoms with Crippen molar-refractivity contribution in [2.24, 2.45) is 11.8 Å². The second kappa shape index (κ2) is 7.69. The number of hydrogen-bond acceptors (Lipinski definition) is 6. The van der Waals surface area contributed by atoms with E-state index in [0.717, 1.165) is 12.4 Å². The van der Waals surface area contributed by atoms with Crippen LogP contribution in [0.25, 0.3) is 0 Å². The van der Waals surface area contributed by atoms with Crippen molar-refractivity contribution in [1.29, 1.82) is 0 Å². The van der Waals surface area contributed by atoms with E-state index in [1.807, 2.05) is 0 Å². The van der Waals surface area contributed by atoms with Crippen LogP contribution in [-0.2, 0) is 20.5 Å². The minimum atomic E-state index is -4.46. The van der Waals surface area contributed by atoms with Gasteiger partial charge in [0.25, 0.3) is 0 Å². The first kappa shape index (κ1) is 19.4. The van der Waals surface area contributed by atoms with Crippen LogP contribution in [0.15, 0.2) is 12.4 Å². The minimum absolute atomic E-state index is 0.0732. The number of carbonyl (C=O) groups is 2. The topological polar surface area (TPSA) is 75.6 Å². The summed E-state index contributed by atoms with van der Waals surface area (Å²) >= 11 is 0. The lowest BCUT2D eigenvalue weighted by molar-refractivity contribution is -0.149. The van der Waals surface area contributed by atoms with Crippen LogP contribution in [0.4, 0.5) is 19.1 Å². The fourth-order valence-electron chi connectivity index (χ4n) is 3.41. The average Bonchev–Trinajstić information content (AvgIpc) is 2.63. The molecular formula is C17H21F3N4O3. The van der Waals surface area contributed by atoms with Gasteiger partial charge >= 0.3 is 12.1 Å². The minimum Gasteiger partial charge on any atom is -0.469 e. The van der Waals surface area contributed by atoms with Crippen molar-refractivity contribution in [3.05, 3.63) is 18.0 Å². The number of carbonyl (C=O) groups excluding carboxylic acids is 2. The van der Waals surface area contributed by atoms with E-state index in [1.54, 1.807) is 9.80 Å². The third-order valence-corrected chi connectivity index (χ3v) is 5.04. The first-order valence-corrected chi connectivity index (χ1v) is 8.77. The van der Waals surface area contributed by atoms with Gasteiger partial charge in [-0.05, 0) is 12.8 Å². The number of nitrogens with zero attached hydrogens (tertiary/aromatic N) is 4. The highest BCUT2D eigenvalue weighted by Crippen LogP contribution is 2.30. The standard InChI is InChI=1S/C17H21F3N4O3/c1-27-14(25)6-11-9-24(10-11)15(26)12-2-4-23(5-3-12)16-21-7-13(8-22-16)17(18,19)20/h7-8,11-12H,2-6,9-10H2,1H3. The molecule has 2 fully saturated rings. The van der Waals surface area contributed by atoms with Crippen LogP contribution < -0.4 is 4.90 Å². The van der Waals surface area contributed by atoms with Gasteiger partial charge in [-0.1, -0.05) is 0 Å². The molecule has 0 saturated carbocycles. The van der Waals surface area contributed by atoms with Crippen LogP contribution in [-0.4, -0.2) is 60.0 Å². The van der Waals surface area contributed by atoms with Crippen LogP contribution in [0.3, 0.4) is 0 Å². The molecule has 1 aromatic rings. The Labute approximate surface area is 154 Å². The van der Waals surface area contributed by atoms with Crippen molar-refractivity contribution in [3.8, 4) is 0 Å². The normalized spacial score (nSPS) is 19.0. The Hall–Kier alpha value is -2.39. The quantitative estimate of drug-likeness (QED) is 0.734. The molecular weight excluding hydrogens is 365 g/mol. The maximum absolute atomic E-state index is 12.6. The van der Waals surface area contributed by atoms with Gasteiger partial charge in [-0.2, -0.15) is 13.2 Å². The van der Waals surface area contributed by atoms with Gasteiger partial charge in [-0.3, -0.25) is 9.59 Å². The molecule has 10 heteroatoms. The number of halogens is 3. The van der Waals surface area contributed by atoms with E-state index >= 15 is 0 Å². The van der Waals surface area contributed by atoms with E-state index in [2.05, 4.69) is 14.7 Å². The molecule has 0 radical (unpaired) electrons. The van der Waals surface area contributed by atoms with Crippen LogP contribution in [0.5, 0.6) is 0 Å². The van der Waals surface area contributed by atoms with E-state index in [1.165, 1.54) is 7.11 Å². The monoisotopic (exact) mass is 386 g/mol. The summed E-state index contributed by atoms with van der Waals surface area (Å²) in [6.45, 7) is 2.16. The molecule has 0 bridgehead atoms. The Morgan fingerprint density at radius 2 is 1.78 bits per heavy atom. The third kappa shape index (κ3) is 4.48. The SMILES string of the molecule is COC(=O)CC1CN(C(=O)C2CCN(c3ncc(C(F)(F)F)cn3)CC2)C1. The third-order valence-electron chi connectivity index (χ3n) is 5.04. The first-order chi connectivity index (χ1) is 12.8. The number of aromatic nitrogens is 2. The van der Waals surface area contributed by atoms with Gasteiger partial charge in [-0.25, -0.2) is 9.97 Å². The number of piperidine rings is 1. The van der Waals surface area contributed by atoms with Crippen molar-refractivity contribution in [2.75, 3.05) is 38.2 Å². The van der Waals surface area contributed by atoms with Gasteiger partial charge in [0.2, 0.25) is 11.9 Å². The van der Waals surface area contributed by atoms with Gasteiger partial charge in [0, 0.05) is 50.4 Å². The van der Waals surface area contributed by atoms with E-state index in [-0.39, 0.29) is 29.7 Å². The van der Waals surface area contributed by atoms with E-state index in [0.29, 0.717) is 45.4 Å². The number of ether oxygens (including phenoxy) is 1. The Morgan fingerprint density at radius 1 is 1.19 bits per heavy atom. The molecule has 2 aliphatic heterocycles. The van der Waals surface area contributed by atoms with Gasteiger partial charge in [-0.15, -0.1) is 0 Å². The molecule has 148 valence electrons. The first-order valence-electron chi connectivity index (χ1n) is 8.77. The number of amides is 1. The summed E-state index contributed by atoms with van der Waals surface area (Å²) in [6.07, 6.45) is -1.38. The molecule has 0 unspecified atom stereocenters. The highest BCUT2D eigenvalue weighted by molar-refractivity contribution is 5.80. The molecule has 1 aromatic heterocycles. The van der Waals surface area contributed by atoms with Crippen molar-refractivity contribution >= 4 is 17.8 Å². The molecule has 0 atom stereocenters. The lowest BCUT2D eigenvalue weighted by atomic mass is 9.90. The van der Waals surface area contributed by atoms with Crippen LogP contribution in [0, 0.1) is 11.8 Å². The lowest BCUT2D eigenvalue weighted by Crippen LogP contribution is -2.54. The highest BCUT2D eigenvalue weighted by atomic mass is 19.4. The molecule has 0 N–H and O–H groups in total. The molecule has 2 aliphatic rings. The Morgan fingerprint density at radius 3 is 2.30 bits per heavy atom. The van der Waals surface area contributed by atoms with Gasteiger partial charge in [0.05, 0.1) is 19.1 Å². The Bertz CT molecular complexity index is 682. The number of alkyl halides is 3. The fourth-order valence-corrected chi connectivity index (χ4v) is 3.41. The maximum Gasteiger partial charge on any atom is 0.419 e. The van der Waals surface area contributed by atoms with Gasteiger partial charge < -0.3 is 14.5 Å². The number of anilines is 1. The van der Waals surface area contributed by atoms with Gasteiger partial charge in [0.15, 0.2) is 0 Å². The predicted molar refractivity (Wildman–Crippen MR) is 88.7 cm³/mol. The summed E-state index contributed by atoms with van der Waals surface area (Å²) in [4.78, 5) is 34.9. The largest absolute Gasteiger partial charge is 0.469 e. The average molecular weight is 386 g/mol. The molecule has 1 amide bonds. The fraction of sp³-hybridized carbons (Fsp3) is 0.647. The summed E-state index contributed by atoms with van der Waals surface area (Å²) in [5.74, 6) is 0.0915. The summed E-state index contributed by atoms with van der Waals surface area (Å²) in [6, 6.07) is 0. The lowest BCUT2D eigenvalue weighted by Gasteiger charge is -2.42. The highest BCUT2D eigenvalue weighted by Gasteiger charge is 2.37. The number of likely N-dealkylation sites (tertiary alicyclic amines) is 1. The van der Waals surface area contributed by atoms with Crippen LogP contribution in [0.1, 0.15) is 24.8 Å². The second-order valence-corrected chi connectivity index (χ2v) is 6.92. The zero-order valence-corrected chi connectivity index (χ0v) is 14.9. The summed E-state index contributed by atoms with van der Waals surface area (Å²) in [7, 11) is 1.35. The van der Waals surface area contributed by atoms with Crippen molar-refractivity contribution in [2.45, 2.75) is 25.4 Å². The van der Waals surface area contributed by atoms with Crippen LogP contribution >= 0.6 is 0 Å². The number of methoxy groups -OCH3 is 1. The van der Waals surface area contributed by atoms with E-state index in [9.17, 15) is 22.8 Å². The van der Waals surface area contributed by atoms with Crippen molar-refractivity contribution in [1.82, 2.24) is 14.9 Å². The van der Waals surface area contributed by atoms with E-state index in [4.69, 9.17) is 0 Å². The molecule has 27 heavy (non-hydrogen) atoms. The summed E-state index contributed by atoms with van der Waals surface area (Å²) in [5.41, 5.74) is -0.879. The van der Waals surface area contributed by atoms with Crippen molar-refractivity contribution in [3.63, 3.8) is 0 Å². The predicted octanol–water partition coefficient (Wildman–Crippen LogP) is 1.73. The van der Waals surface area contributed by atoms with Crippen LogP contribution in [0.2, 0.25) is 0 Å². The number of rotatable bonds is 4. The molecule has 0 aliphatic carbocycles. The van der Waals surface area contributed by atoms with Crippen molar-refractivity contribution < 1.29 is 27.5 Å². The number of esters is 1. The maximum atomic E-state index is 12.6. The molecule has 3 heterocycles. The molecule has 0 spiro atoms. The summed E-state index contributed by atoms with van der Waals surface area (Å²) in [5, 5.41) is 0. The molecule has 7 nitrogen and oxygen atoms in total.